The second-order valence-electron chi connectivity index (χ2n) is 12.4. The van der Waals surface area contributed by atoms with E-state index in [1.54, 1.807) is 11.8 Å². The molecule has 5 heterocycles. The zero-order valence-electron chi connectivity index (χ0n) is 25.2. The number of hydrogen-bond acceptors (Lipinski definition) is 11. The maximum absolute atomic E-state index is 13.3. The molecular weight excluding hydrogens is 783 g/mol. The number of carbonyl (C=O) groups excluding carboxylic acids is 1. The van der Waals surface area contributed by atoms with Crippen molar-refractivity contribution in [2.45, 2.75) is 68.7 Å². The summed E-state index contributed by atoms with van der Waals surface area (Å²) in [6.45, 7) is 5.80. The summed E-state index contributed by atoms with van der Waals surface area (Å²) in [6.07, 6.45) is 0.606. The second-order valence-corrected chi connectivity index (χ2v) is 13.6. The second kappa shape index (κ2) is 11.3. The normalized spacial score (nSPS) is 30.9. The molecule has 2 aromatic rings. The summed E-state index contributed by atoms with van der Waals surface area (Å²) in [7, 11) is 5.77. The molecule has 5 aliphatic rings. The molecule has 5 aliphatic heterocycles. The van der Waals surface area contributed by atoms with Crippen LogP contribution in [0.1, 0.15) is 56.3 Å². The van der Waals surface area contributed by atoms with Gasteiger partial charge in [-0.25, -0.2) is 0 Å². The van der Waals surface area contributed by atoms with Crippen molar-refractivity contribution in [2.24, 2.45) is 0 Å². The maximum atomic E-state index is 13.3. The monoisotopic (exact) mass is 819 g/mol. The van der Waals surface area contributed by atoms with Gasteiger partial charge < -0.3 is 24.4 Å². The van der Waals surface area contributed by atoms with Gasteiger partial charge in [0, 0.05) is 84.2 Å². The Kier molecular flexibility index (Phi) is 8.19. The van der Waals surface area contributed by atoms with Gasteiger partial charge in [0.1, 0.15) is 30.2 Å². The van der Waals surface area contributed by atoms with Crippen molar-refractivity contribution in [3.05, 3.63) is 45.0 Å². The fourth-order valence-corrected chi connectivity index (χ4v) is 9.64. The van der Waals surface area contributed by atoms with E-state index in [1.165, 1.54) is 0 Å². The van der Waals surface area contributed by atoms with Gasteiger partial charge in [-0.15, -0.1) is 11.8 Å². The van der Waals surface area contributed by atoms with Crippen LogP contribution < -0.4 is 9.47 Å². The summed E-state index contributed by atoms with van der Waals surface area (Å²) < 4.78 is 17.9. The molecule has 0 saturated carbocycles. The van der Waals surface area contributed by atoms with Crippen molar-refractivity contribution in [2.75, 3.05) is 40.3 Å². The summed E-state index contributed by atoms with van der Waals surface area (Å²) in [6, 6.07) is 2.44. The van der Waals surface area contributed by atoms with Crippen molar-refractivity contribution in [3.8, 4) is 29.1 Å². The van der Waals surface area contributed by atoms with Crippen LogP contribution in [-0.4, -0.2) is 95.3 Å². The van der Waals surface area contributed by atoms with E-state index >= 15 is 0 Å². The van der Waals surface area contributed by atoms with Gasteiger partial charge in [0.25, 0.3) is 0 Å². The molecule has 43 heavy (non-hydrogen) atoms. The number of esters is 1. The Labute approximate surface area is 291 Å². The Bertz CT molecular complexity index is 1560. The summed E-state index contributed by atoms with van der Waals surface area (Å²) >= 11 is 1.58. The number of nitrogens with zero attached hydrogens (tertiary/aromatic N) is 4. The average molecular weight is 820 g/mol. The van der Waals surface area contributed by atoms with E-state index in [0.717, 1.165) is 33.4 Å². The summed E-state index contributed by atoms with van der Waals surface area (Å²) in [5, 5.41) is 33.9. The van der Waals surface area contributed by atoms with Gasteiger partial charge in [-0.05, 0) is 65.0 Å². The number of rotatable bonds is 1. The van der Waals surface area contributed by atoms with E-state index in [9.17, 15) is 20.3 Å². The quantitative estimate of drug-likeness (QED) is 0.414. The van der Waals surface area contributed by atoms with Crippen LogP contribution in [0, 0.1) is 76.2 Å². The maximum Gasteiger partial charge on any atom is 0.324 e. The van der Waals surface area contributed by atoms with Gasteiger partial charge in [-0.2, -0.15) is 5.26 Å². The van der Waals surface area contributed by atoms with Crippen LogP contribution >= 0.6 is 11.8 Å². The van der Waals surface area contributed by atoms with Crippen molar-refractivity contribution < 1.29 is 73.3 Å². The van der Waals surface area contributed by atoms with Gasteiger partial charge in [-0.3, -0.25) is 19.5 Å². The van der Waals surface area contributed by atoms with Crippen LogP contribution in [0.5, 0.6) is 23.0 Å². The molecule has 0 aromatic heterocycles. The summed E-state index contributed by atoms with van der Waals surface area (Å²) in [4.78, 5) is 19.7. The van der Waals surface area contributed by atoms with Crippen molar-refractivity contribution in [1.29, 1.82) is 5.26 Å². The molecule has 12 heteroatoms. The van der Waals surface area contributed by atoms with E-state index in [0.29, 0.717) is 29.2 Å². The number of aromatic hydroxyl groups is 2. The van der Waals surface area contributed by atoms with E-state index in [4.69, 9.17) is 14.2 Å². The molecule has 0 amide bonds. The molecule has 0 spiro atoms. The number of cyclic esters (lactones) is 1. The number of likely N-dealkylation sites (N-methyl/N-ethyl adjacent to an activating group) is 2. The van der Waals surface area contributed by atoms with Crippen LogP contribution in [0.4, 0.5) is 0 Å². The molecule has 225 valence electrons. The first kappa shape index (κ1) is 31.3. The third-order valence-electron chi connectivity index (χ3n) is 10.2. The molecule has 1 radical (unpaired) electrons. The third kappa shape index (κ3) is 4.36. The van der Waals surface area contributed by atoms with Gasteiger partial charge in [-0.1, -0.05) is 6.07 Å². The molecule has 7 rings (SSSR count). The molecule has 2 saturated heterocycles. The number of thioether (sulfide) groups is 1. The molecule has 2 N–H and O–H groups in total. The average Bonchev–Trinajstić information content (AvgIpc) is 3.44. The van der Waals surface area contributed by atoms with Crippen LogP contribution in [0.15, 0.2) is 6.07 Å². The fourth-order valence-electron chi connectivity index (χ4n) is 7.92. The van der Waals surface area contributed by atoms with Crippen molar-refractivity contribution >= 4 is 17.7 Å². The van der Waals surface area contributed by atoms with Gasteiger partial charge in [0.15, 0.2) is 11.5 Å². The van der Waals surface area contributed by atoms with Crippen LogP contribution in [0.3, 0.4) is 0 Å². The standard InChI is InChI=1S/C31H36N4O6S.Ac/c1-13-7-16-8-17-18(9-32)35-19-10-39-31(38)20(33(4)5)11-42-30(25(35)24(34(17)6)21(16)26(36)14(13)2)23-22(19)29-28(40-12-41-29)15(3)27(23)37;/h7,17-20,24-25,30,36-37H,8,10-12H2,1-6H3;/t17-,18-,19-,20-,24+,25?,30+;/m0./s1. The zero-order chi connectivity index (χ0) is 29.8. The number of ether oxygens (including phenoxy) is 3. The molecule has 0 aliphatic carbocycles. The minimum atomic E-state index is -0.563. The predicted molar refractivity (Wildman–Crippen MR) is 156 cm³/mol. The van der Waals surface area contributed by atoms with Gasteiger partial charge >= 0.3 is 5.97 Å². The number of carbonyl (C=O) groups is 1. The van der Waals surface area contributed by atoms with Crippen LogP contribution in [-0.2, 0) is 16.0 Å². The number of piperazine rings is 1. The number of aryl methyl sites for hydroxylation is 1. The molecule has 4 bridgehead atoms. The summed E-state index contributed by atoms with van der Waals surface area (Å²) in [5.74, 6) is 1.57. The topological polar surface area (TPSA) is 119 Å². The zero-order valence-corrected chi connectivity index (χ0v) is 30.8. The molecule has 1 unspecified atom stereocenters. The Morgan fingerprint density at radius 1 is 1.05 bits per heavy atom. The first-order valence-electron chi connectivity index (χ1n) is 14.4. The number of fused-ring (bicyclic) bond motifs is 9. The number of hydrogen-bond donors (Lipinski definition) is 2. The van der Waals surface area contributed by atoms with Gasteiger partial charge in [0.2, 0.25) is 6.79 Å². The van der Waals surface area contributed by atoms with Crippen LogP contribution in [0.2, 0.25) is 0 Å². The Morgan fingerprint density at radius 2 is 1.74 bits per heavy atom. The van der Waals surface area contributed by atoms with E-state index in [1.807, 2.05) is 46.8 Å². The minimum Gasteiger partial charge on any atom is -0.507 e. The molecule has 10 nitrogen and oxygen atoms in total. The first-order valence-corrected chi connectivity index (χ1v) is 15.4. The minimum absolute atomic E-state index is 0. The smallest absolute Gasteiger partial charge is 0.324 e. The van der Waals surface area contributed by atoms with Gasteiger partial charge in [0.05, 0.1) is 23.4 Å². The van der Waals surface area contributed by atoms with Crippen molar-refractivity contribution in [1.82, 2.24) is 14.7 Å². The first-order chi connectivity index (χ1) is 20.1. The number of phenols is 2. The third-order valence-corrected chi connectivity index (χ3v) is 11.6. The Balaban J connectivity index is 0.00000329. The predicted octanol–water partition coefficient (Wildman–Crippen LogP) is 3.24. The molecule has 2 fully saturated rings. The summed E-state index contributed by atoms with van der Waals surface area (Å²) in [5.41, 5.74) is 5.88. The van der Waals surface area contributed by atoms with E-state index in [-0.39, 0.29) is 98.3 Å². The van der Waals surface area contributed by atoms with Crippen LogP contribution in [0.25, 0.3) is 0 Å². The van der Waals surface area contributed by atoms with E-state index < -0.39 is 18.1 Å². The SMILES string of the molecule is Cc1cc2c(c(O)c1C)[C@@H]1C3[C@@H]4SC[C@H](N(C)C)C(=O)OC[C@@H](c5c6c(c(C)c(O)c54)OCO6)N3[C@@H](C#N)[C@H](C2)N1C.[Ac]. The Hall–Kier alpha value is -1.73. The Morgan fingerprint density at radius 3 is 2.44 bits per heavy atom. The number of phenolic OH excluding ortho intramolecular Hbond substituents is 2. The number of benzene rings is 2. The van der Waals surface area contributed by atoms with E-state index in [2.05, 4.69) is 21.9 Å². The molecular formula is C31H36AcN4O6S. The molecule has 2 aromatic carbocycles. The largest absolute Gasteiger partial charge is 0.507 e. The number of nitriles is 1. The van der Waals surface area contributed by atoms with Crippen molar-refractivity contribution in [3.63, 3.8) is 0 Å². The molecule has 7 atom stereocenters. The fraction of sp³-hybridized carbons (Fsp3) is 0.548.